The lowest BCUT2D eigenvalue weighted by atomic mass is 9.98. The third kappa shape index (κ3) is 5.66. The number of carboxylic acids is 1. The zero-order valence-corrected chi connectivity index (χ0v) is 15.2. The third-order valence-electron chi connectivity index (χ3n) is 4.23. The smallest absolute Gasteiger partial charge is 0.310 e. The van der Waals surface area contributed by atoms with Crippen LogP contribution < -0.4 is 5.32 Å². The molecule has 0 aliphatic carbocycles. The summed E-state index contributed by atoms with van der Waals surface area (Å²) in [6.07, 6.45) is 0.916. The number of carboxylic acid groups (broad SMARTS) is 1. The fourth-order valence-electron chi connectivity index (χ4n) is 2.76. The highest BCUT2D eigenvalue weighted by Gasteiger charge is 2.14. The van der Waals surface area contributed by atoms with Crippen molar-refractivity contribution in [3.8, 4) is 0 Å². The number of hydrogen-bond donors (Lipinski definition) is 2. The van der Waals surface area contributed by atoms with Crippen molar-refractivity contribution in [1.82, 2.24) is 5.32 Å². The Morgan fingerprint density at radius 3 is 2.08 bits per heavy atom. The molecule has 1 unspecified atom stereocenters. The van der Waals surface area contributed by atoms with Gasteiger partial charge in [-0.3, -0.25) is 4.79 Å². The maximum atomic E-state index is 11.0. The summed E-state index contributed by atoms with van der Waals surface area (Å²) in [4.78, 5) is 11.0. The third-order valence-corrected chi connectivity index (χ3v) is 4.23. The number of nitrogens with one attached hydrogen (secondary N) is 1. The highest BCUT2D eigenvalue weighted by atomic mass is 35.5. The Kier molecular flexibility index (Phi) is 7.96. The van der Waals surface area contributed by atoms with Gasteiger partial charge in [-0.2, -0.15) is 0 Å². The van der Waals surface area contributed by atoms with Crippen molar-refractivity contribution in [2.75, 3.05) is 0 Å². The maximum Gasteiger partial charge on any atom is 0.310 e. The van der Waals surface area contributed by atoms with Crippen LogP contribution in [0.3, 0.4) is 0 Å². The summed E-state index contributed by atoms with van der Waals surface area (Å²) < 4.78 is 0. The van der Waals surface area contributed by atoms with Crippen molar-refractivity contribution >= 4 is 18.4 Å². The van der Waals surface area contributed by atoms with Crippen LogP contribution in [0.15, 0.2) is 54.6 Å². The van der Waals surface area contributed by atoms with Gasteiger partial charge in [0.25, 0.3) is 0 Å². The normalized spacial score (nSPS) is 14.3. The summed E-state index contributed by atoms with van der Waals surface area (Å²) in [6, 6.07) is 18.9. The number of halogens is 1. The fraction of sp³-hybridized carbons (Fsp3) is 0.350. The van der Waals surface area contributed by atoms with Gasteiger partial charge >= 0.3 is 5.97 Å². The minimum absolute atomic E-state index is 0. The molecule has 0 spiro atoms. The molecule has 4 heteroatoms. The molecule has 0 heterocycles. The first kappa shape index (κ1) is 20.2. The zero-order chi connectivity index (χ0) is 16.8. The molecule has 0 radical (unpaired) electrons. The van der Waals surface area contributed by atoms with Gasteiger partial charge in [0.1, 0.15) is 0 Å². The van der Waals surface area contributed by atoms with E-state index in [0.717, 1.165) is 12.0 Å². The van der Waals surface area contributed by atoms with E-state index < -0.39 is 11.9 Å². The summed E-state index contributed by atoms with van der Waals surface area (Å²) in [6.45, 7) is 6.06. The second kappa shape index (κ2) is 9.45. The van der Waals surface area contributed by atoms with Crippen LogP contribution in [0.2, 0.25) is 0 Å². The predicted molar refractivity (Wildman–Crippen MR) is 101 cm³/mol. The van der Waals surface area contributed by atoms with Crippen LogP contribution in [-0.4, -0.2) is 17.1 Å². The van der Waals surface area contributed by atoms with Gasteiger partial charge in [0, 0.05) is 12.1 Å². The lowest BCUT2D eigenvalue weighted by Crippen LogP contribution is -2.30. The summed E-state index contributed by atoms with van der Waals surface area (Å²) in [7, 11) is 0. The summed E-state index contributed by atoms with van der Waals surface area (Å²) in [5.74, 6) is -1.25. The maximum absolute atomic E-state index is 11.0. The van der Waals surface area contributed by atoms with Crippen LogP contribution in [0.4, 0.5) is 0 Å². The molecule has 2 aromatic rings. The van der Waals surface area contributed by atoms with Crippen LogP contribution in [0, 0.1) is 0 Å². The lowest BCUT2D eigenvalue weighted by molar-refractivity contribution is -0.138. The van der Waals surface area contributed by atoms with Gasteiger partial charge in [0.15, 0.2) is 0 Å². The van der Waals surface area contributed by atoms with Crippen molar-refractivity contribution in [1.29, 1.82) is 0 Å². The highest BCUT2D eigenvalue weighted by Crippen LogP contribution is 2.18. The quantitative estimate of drug-likeness (QED) is 0.770. The van der Waals surface area contributed by atoms with Crippen LogP contribution in [-0.2, 0) is 11.2 Å². The van der Waals surface area contributed by atoms with Crippen LogP contribution in [0.5, 0.6) is 0 Å². The van der Waals surface area contributed by atoms with E-state index in [0.29, 0.717) is 12.1 Å². The lowest BCUT2D eigenvalue weighted by Gasteiger charge is -2.20. The molecule has 0 saturated heterocycles. The molecule has 0 fully saturated rings. The Hall–Kier alpha value is -1.84. The van der Waals surface area contributed by atoms with E-state index in [4.69, 9.17) is 5.11 Å². The van der Waals surface area contributed by atoms with E-state index in [1.165, 1.54) is 11.1 Å². The highest BCUT2D eigenvalue weighted by molar-refractivity contribution is 5.85. The molecular formula is C20H26ClNO2. The molecule has 0 aliphatic rings. The minimum Gasteiger partial charge on any atom is -0.481 e. The molecule has 24 heavy (non-hydrogen) atoms. The molecule has 2 rings (SSSR count). The second-order valence-corrected chi connectivity index (χ2v) is 6.21. The van der Waals surface area contributed by atoms with Crippen LogP contribution in [0.25, 0.3) is 0 Å². The van der Waals surface area contributed by atoms with Gasteiger partial charge in [0.05, 0.1) is 5.92 Å². The average molecular weight is 348 g/mol. The Morgan fingerprint density at radius 1 is 0.958 bits per heavy atom. The number of carbonyl (C=O) groups is 1. The number of hydrogen-bond acceptors (Lipinski definition) is 2. The molecule has 2 aromatic carbocycles. The van der Waals surface area contributed by atoms with E-state index in [-0.39, 0.29) is 12.4 Å². The number of benzene rings is 2. The van der Waals surface area contributed by atoms with Gasteiger partial charge < -0.3 is 10.4 Å². The standard InChI is InChI=1S/C20H25NO2.ClH/c1-14(21-16(3)19-7-5-4-6-8-19)13-17-9-11-18(12-10-17)15(2)20(22)23;/h4-12,14-16,21H,13H2,1-3H3,(H,22,23);1H/t14-,15?,16-;/m1./s1. The SMILES string of the molecule is CC(C(=O)O)c1ccc(C[C@@H](C)N[C@H](C)c2ccccc2)cc1.Cl. The minimum atomic E-state index is -0.788. The van der Waals surface area contributed by atoms with Gasteiger partial charge in [-0.05, 0) is 43.9 Å². The first-order valence-corrected chi connectivity index (χ1v) is 8.10. The Bertz CT molecular complexity index is 628. The molecule has 3 nitrogen and oxygen atoms in total. The monoisotopic (exact) mass is 347 g/mol. The Morgan fingerprint density at radius 2 is 1.54 bits per heavy atom. The van der Waals surface area contributed by atoms with Gasteiger partial charge in [-0.25, -0.2) is 0 Å². The Balaban J connectivity index is 0.00000288. The van der Waals surface area contributed by atoms with E-state index in [2.05, 4.69) is 43.4 Å². The van der Waals surface area contributed by atoms with Crippen molar-refractivity contribution in [2.24, 2.45) is 0 Å². The second-order valence-electron chi connectivity index (χ2n) is 6.21. The number of aliphatic carboxylic acids is 1. The molecule has 0 saturated carbocycles. The van der Waals surface area contributed by atoms with Crippen molar-refractivity contribution in [2.45, 2.75) is 45.2 Å². The average Bonchev–Trinajstić information content (AvgIpc) is 2.55. The van der Waals surface area contributed by atoms with Crippen LogP contribution >= 0.6 is 12.4 Å². The molecule has 0 bridgehead atoms. The first-order chi connectivity index (χ1) is 11.0. The number of rotatable bonds is 7. The first-order valence-electron chi connectivity index (χ1n) is 8.10. The van der Waals surface area contributed by atoms with E-state index in [1.807, 2.05) is 30.3 Å². The van der Waals surface area contributed by atoms with Crippen LogP contribution in [0.1, 0.15) is 49.4 Å². The predicted octanol–water partition coefficient (Wildman–Crippen LogP) is 4.58. The molecule has 2 N–H and O–H groups in total. The van der Waals surface area contributed by atoms with E-state index in [9.17, 15) is 4.79 Å². The zero-order valence-electron chi connectivity index (χ0n) is 14.4. The Labute approximate surface area is 150 Å². The summed E-state index contributed by atoms with van der Waals surface area (Å²) >= 11 is 0. The van der Waals surface area contributed by atoms with Crippen molar-refractivity contribution in [3.05, 3.63) is 71.3 Å². The molecule has 3 atom stereocenters. The fourth-order valence-corrected chi connectivity index (χ4v) is 2.76. The summed E-state index contributed by atoms with van der Waals surface area (Å²) in [5, 5.41) is 12.7. The van der Waals surface area contributed by atoms with E-state index in [1.54, 1.807) is 6.92 Å². The molecular weight excluding hydrogens is 322 g/mol. The molecule has 0 aromatic heterocycles. The van der Waals surface area contributed by atoms with Gasteiger partial charge in [0.2, 0.25) is 0 Å². The molecule has 130 valence electrons. The molecule has 0 aliphatic heterocycles. The largest absolute Gasteiger partial charge is 0.481 e. The van der Waals surface area contributed by atoms with Gasteiger partial charge in [-0.1, -0.05) is 54.6 Å². The van der Waals surface area contributed by atoms with Crippen molar-refractivity contribution < 1.29 is 9.90 Å². The van der Waals surface area contributed by atoms with Gasteiger partial charge in [-0.15, -0.1) is 12.4 Å². The summed E-state index contributed by atoms with van der Waals surface area (Å²) in [5.41, 5.74) is 3.34. The molecule has 0 amide bonds. The van der Waals surface area contributed by atoms with E-state index >= 15 is 0 Å². The topological polar surface area (TPSA) is 49.3 Å². The van der Waals surface area contributed by atoms with Crippen molar-refractivity contribution in [3.63, 3.8) is 0 Å².